The van der Waals surface area contributed by atoms with Gasteiger partial charge in [0.15, 0.2) is 5.82 Å². The first-order valence-electron chi connectivity index (χ1n) is 9.28. The fourth-order valence-corrected chi connectivity index (χ4v) is 3.16. The average Bonchev–Trinajstić information content (AvgIpc) is 3.37. The number of aromatic nitrogens is 5. The van der Waals surface area contributed by atoms with E-state index in [0.29, 0.717) is 17.6 Å². The number of hydrogen-bond donors (Lipinski definition) is 3. The van der Waals surface area contributed by atoms with Gasteiger partial charge < -0.3 is 15.8 Å². The Balaban J connectivity index is 1.45. The van der Waals surface area contributed by atoms with Crippen LogP contribution >= 0.6 is 0 Å². The summed E-state index contributed by atoms with van der Waals surface area (Å²) in [7, 11) is 0. The molecule has 0 aliphatic heterocycles. The van der Waals surface area contributed by atoms with Crippen molar-refractivity contribution >= 4 is 33.5 Å². The summed E-state index contributed by atoms with van der Waals surface area (Å²) >= 11 is 0. The van der Waals surface area contributed by atoms with Gasteiger partial charge in [-0.3, -0.25) is 14.6 Å². The van der Waals surface area contributed by atoms with Crippen molar-refractivity contribution in [3.63, 3.8) is 0 Å². The lowest BCUT2D eigenvalue weighted by molar-refractivity contribution is -0.175. The molecule has 4 aromatic rings. The molecule has 1 aromatic carbocycles. The Bertz CT molecular complexity index is 1220. The second-order valence-corrected chi connectivity index (χ2v) is 6.80. The molecule has 0 fully saturated rings. The fraction of sp³-hybridized carbons (Fsp3) is 0.263. The van der Waals surface area contributed by atoms with Gasteiger partial charge in [-0.2, -0.15) is 23.4 Å². The van der Waals surface area contributed by atoms with Crippen molar-refractivity contribution < 1.29 is 22.7 Å². The first-order chi connectivity index (χ1) is 14.8. The van der Waals surface area contributed by atoms with Gasteiger partial charge in [0.05, 0.1) is 17.8 Å². The first kappa shape index (κ1) is 20.6. The summed E-state index contributed by atoms with van der Waals surface area (Å²) in [6.45, 7) is -1.67. The van der Waals surface area contributed by atoms with Crippen LogP contribution in [-0.4, -0.2) is 56.8 Å². The van der Waals surface area contributed by atoms with Gasteiger partial charge in [-0.05, 0) is 12.1 Å². The zero-order valence-corrected chi connectivity index (χ0v) is 16.1. The van der Waals surface area contributed by atoms with Crippen LogP contribution in [0.5, 0.6) is 0 Å². The van der Waals surface area contributed by atoms with Crippen LogP contribution in [0.25, 0.3) is 33.1 Å². The molecule has 0 atom stereocenters. The van der Waals surface area contributed by atoms with E-state index in [0.717, 1.165) is 22.0 Å². The summed E-state index contributed by atoms with van der Waals surface area (Å²) in [6.07, 6.45) is -0.947. The number of carbonyl (C=O) groups is 1. The zero-order chi connectivity index (χ0) is 22.0. The topological polar surface area (TPSA) is 124 Å². The Labute approximate surface area is 173 Å². The standard InChI is InChI=1S/C19H18F3N7O2/c20-19(21,22)10-31-9-16(30)24-5-6-29-8-13-12-2-1-11(14-3-4-25-27-14)7-15(12)26-18(23)17(13)28-29/h1-4,7-8H,5-6,9-10H2,(H2,23,26)(H,24,30)(H,25,27). The summed E-state index contributed by atoms with van der Waals surface area (Å²) in [6, 6.07) is 7.58. The van der Waals surface area contributed by atoms with Crippen LogP contribution in [0.2, 0.25) is 0 Å². The Kier molecular flexibility index (Phi) is 5.46. The van der Waals surface area contributed by atoms with Gasteiger partial charge in [-0.25, -0.2) is 4.98 Å². The molecule has 0 saturated heterocycles. The number of nitrogens with two attached hydrogens (primary N) is 1. The fourth-order valence-electron chi connectivity index (χ4n) is 3.16. The van der Waals surface area contributed by atoms with Crippen molar-refractivity contribution in [3.05, 3.63) is 36.7 Å². The van der Waals surface area contributed by atoms with Crippen LogP contribution in [-0.2, 0) is 16.1 Å². The van der Waals surface area contributed by atoms with Crippen LogP contribution in [0.15, 0.2) is 36.7 Å². The molecule has 4 rings (SSSR count). The number of amides is 1. The van der Waals surface area contributed by atoms with E-state index in [1.165, 1.54) is 0 Å². The summed E-state index contributed by atoms with van der Waals surface area (Å²) < 4.78 is 42.0. The molecule has 0 aliphatic carbocycles. The van der Waals surface area contributed by atoms with Crippen LogP contribution in [0.3, 0.4) is 0 Å². The molecule has 0 bridgehead atoms. The predicted molar refractivity (Wildman–Crippen MR) is 107 cm³/mol. The summed E-state index contributed by atoms with van der Waals surface area (Å²) in [5.74, 6) is -0.372. The molecule has 4 N–H and O–H groups in total. The molecule has 31 heavy (non-hydrogen) atoms. The molecular weight excluding hydrogens is 415 g/mol. The van der Waals surface area contributed by atoms with Crippen molar-refractivity contribution in [1.82, 2.24) is 30.3 Å². The normalized spacial score (nSPS) is 12.0. The number of H-pyrrole nitrogens is 1. The van der Waals surface area contributed by atoms with Gasteiger partial charge in [-0.1, -0.05) is 12.1 Å². The number of hydrogen-bond acceptors (Lipinski definition) is 6. The number of aromatic amines is 1. The largest absolute Gasteiger partial charge is 0.411 e. The van der Waals surface area contributed by atoms with Gasteiger partial charge >= 0.3 is 6.18 Å². The number of nitrogens with one attached hydrogen (secondary N) is 2. The number of halogens is 3. The van der Waals surface area contributed by atoms with E-state index in [-0.39, 0.29) is 12.4 Å². The van der Waals surface area contributed by atoms with E-state index in [1.807, 2.05) is 24.3 Å². The van der Waals surface area contributed by atoms with Gasteiger partial charge in [0, 0.05) is 35.3 Å². The van der Waals surface area contributed by atoms with Gasteiger partial charge in [0.2, 0.25) is 5.91 Å². The number of nitrogens with zero attached hydrogens (tertiary/aromatic N) is 4. The van der Waals surface area contributed by atoms with E-state index >= 15 is 0 Å². The third-order valence-electron chi connectivity index (χ3n) is 4.49. The number of carbonyl (C=O) groups excluding carboxylic acids is 1. The summed E-state index contributed by atoms with van der Waals surface area (Å²) in [5.41, 5.74) is 8.98. The van der Waals surface area contributed by atoms with E-state index in [2.05, 4.69) is 30.3 Å². The Morgan fingerprint density at radius 3 is 2.84 bits per heavy atom. The van der Waals surface area contributed by atoms with Crippen LogP contribution < -0.4 is 11.1 Å². The SMILES string of the molecule is Nc1nc2cc(-c3cc[nH]n3)ccc2c2cn(CCNC(=O)COCC(F)(F)F)nc12. The molecule has 3 aromatic heterocycles. The molecule has 3 heterocycles. The lowest BCUT2D eigenvalue weighted by atomic mass is 10.1. The first-order valence-corrected chi connectivity index (χ1v) is 9.28. The quantitative estimate of drug-likeness (QED) is 0.411. The van der Waals surface area contributed by atoms with Gasteiger partial charge in [0.1, 0.15) is 18.7 Å². The molecule has 12 heteroatoms. The molecule has 0 radical (unpaired) electrons. The Hall–Kier alpha value is -3.67. The minimum absolute atomic E-state index is 0.163. The number of nitrogen functional groups attached to an aromatic ring is 1. The lowest BCUT2D eigenvalue weighted by Gasteiger charge is -2.08. The third kappa shape index (κ3) is 4.74. The van der Waals surface area contributed by atoms with Crippen molar-refractivity contribution in [2.75, 3.05) is 25.5 Å². The second-order valence-electron chi connectivity index (χ2n) is 6.80. The number of anilines is 1. The number of rotatable bonds is 7. The van der Waals surface area contributed by atoms with E-state index < -0.39 is 25.3 Å². The highest BCUT2D eigenvalue weighted by Gasteiger charge is 2.27. The highest BCUT2D eigenvalue weighted by Crippen LogP contribution is 2.29. The van der Waals surface area contributed by atoms with Crippen molar-refractivity contribution in [1.29, 1.82) is 0 Å². The molecule has 162 valence electrons. The van der Waals surface area contributed by atoms with Gasteiger partial charge in [0.25, 0.3) is 0 Å². The van der Waals surface area contributed by atoms with Crippen LogP contribution in [0.4, 0.5) is 19.0 Å². The average molecular weight is 433 g/mol. The van der Waals surface area contributed by atoms with Gasteiger partial charge in [-0.15, -0.1) is 0 Å². The van der Waals surface area contributed by atoms with Crippen molar-refractivity contribution in [2.45, 2.75) is 12.7 Å². The van der Waals surface area contributed by atoms with Crippen molar-refractivity contribution in [2.24, 2.45) is 0 Å². The molecule has 0 aliphatic rings. The molecule has 0 spiro atoms. The highest BCUT2D eigenvalue weighted by atomic mass is 19.4. The second kappa shape index (κ2) is 8.22. The maximum atomic E-state index is 12.0. The van der Waals surface area contributed by atoms with E-state index in [9.17, 15) is 18.0 Å². The lowest BCUT2D eigenvalue weighted by Crippen LogP contribution is -2.32. The zero-order valence-electron chi connectivity index (χ0n) is 16.1. The monoisotopic (exact) mass is 433 g/mol. The van der Waals surface area contributed by atoms with Crippen LogP contribution in [0, 0.1) is 0 Å². The molecule has 0 saturated carbocycles. The number of alkyl halides is 3. The molecule has 9 nitrogen and oxygen atoms in total. The highest BCUT2D eigenvalue weighted by molar-refractivity contribution is 6.08. The maximum Gasteiger partial charge on any atom is 0.411 e. The number of fused-ring (bicyclic) bond motifs is 3. The number of benzene rings is 1. The third-order valence-corrected chi connectivity index (χ3v) is 4.49. The number of pyridine rings is 1. The van der Waals surface area contributed by atoms with Crippen LogP contribution in [0.1, 0.15) is 0 Å². The smallest absolute Gasteiger partial charge is 0.382 e. The maximum absolute atomic E-state index is 12.0. The van der Waals surface area contributed by atoms with E-state index in [1.54, 1.807) is 17.1 Å². The molecule has 1 amide bonds. The Morgan fingerprint density at radius 2 is 2.10 bits per heavy atom. The minimum Gasteiger partial charge on any atom is -0.382 e. The molecule has 0 unspecified atom stereocenters. The number of ether oxygens (including phenoxy) is 1. The minimum atomic E-state index is -4.47. The Morgan fingerprint density at radius 1 is 1.26 bits per heavy atom. The predicted octanol–water partition coefficient (Wildman–Crippen LogP) is 2.25. The summed E-state index contributed by atoms with van der Waals surface area (Å²) in [4.78, 5) is 16.0. The molecular formula is C19H18F3N7O2. The van der Waals surface area contributed by atoms with Crippen molar-refractivity contribution in [3.8, 4) is 11.3 Å². The summed E-state index contributed by atoms with van der Waals surface area (Å²) in [5, 5.41) is 15.5. The van der Waals surface area contributed by atoms with E-state index in [4.69, 9.17) is 5.73 Å².